The third-order valence-corrected chi connectivity index (χ3v) is 7.05. The van der Waals surface area contributed by atoms with Crippen molar-refractivity contribution in [2.75, 3.05) is 19.4 Å². The van der Waals surface area contributed by atoms with Crippen LogP contribution in [0.1, 0.15) is 22.4 Å². The Balaban J connectivity index is 1.74. The van der Waals surface area contributed by atoms with Crippen molar-refractivity contribution in [1.29, 1.82) is 0 Å². The number of carbonyl (C=O) groups excluding carboxylic acids is 1. The second-order valence-electron chi connectivity index (χ2n) is 7.57. The Kier molecular flexibility index (Phi) is 7.18. The summed E-state index contributed by atoms with van der Waals surface area (Å²) in [6.07, 6.45) is 2.95. The number of sulfonamides is 1. The molecule has 0 bridgehead atoms. The second-order valence-corrected chi connectivity index (χ2v) is 10.1. The highest BCUT2D eigenvalue weighted by Crippen LogP contribution is 2.23. The Bertz CT molecular complexity index is 1260. The first kappa shape index (κ1) is 23.7. The number of hydrogen-bond donors (Lipinski definition) is 1. The molecule has 9 heteroatoms. The van der Waals surface area contributed by atoms with Gasteiger partial charge in [0.05, 0.1) is 17.1 Å². The predicted octanol–water partition coefficient (Wildman–Crippen LogP) is 4.10. The van der Waals surface area contributed by atoms with Crippen molar-refractivity contribution in [3.8, 4) is 0 Å². The van der Waals surface area contributed by atoms with Crippen LogP contribution >= 0.6 is 11.6 Å². The molecule has 2 aromatic carbocycles. The van der Waals surface area contributed by atoms with Gasteiger partial charge in [-0.25, -0.2) is 17.4 Å². The summed E-state index contributed by atoms with van der Waals surface area (Å²) in [5, 5.41) is 7.59. The number of aryl methyl sites for hydroxylation is 2. The topological polar surface area (TPSA) is 84.3 Å². The lowest BCUT2D eigenvalue weighted by atomic mass is 10.1. The summed E-state index contributed by atoms with van der Waals surface area (Å²) in [7, 11) is -0.686. The molecule has 0 saturated carbocycles. The van der Waals surface area contributed by atoms with Gasteiger partial charge >= 0.3 is 0 Å². The number of carbonyl (C=O) groups is 1. The Morgan fingerprint density at radius 3 is 2.50 bits per heavy atom. The minimum absolute atomic E-state index is 0.0977. The molecular weight excluding hydrogens is 448 g/mol. The molecule has 1 aromatic heterocycles. The Morgan fingerprint density at radius 1 is 1.16 bits per heavy atom. The quantitative estimate of drug-likeness (QED) is 0.524. The third kappa shape index (κ3) is 5.45. The maximum atomic E-state index is 12.4. The van der Waals surface area contributed by atoms with E-state index in [9.17, 15) is 13.2 Å². The first-order valence-electron chi connectivity index (χ1n) is 9.88. The third-order valence-electron chi connectivity index (χ3n) is 4.84. The zero-order valence-corrected chi connectivity index (χ0v) is 19.9. The van der Waals surface area contributed by atoms with Gasteiger partial charge in [-0.05, 0) is 43.7 Å². The van der Waals surface area contributed by atoms with Gasteiger partial charge in [-0.15, -0.1) is 0 Å². The van der Waals surface area contributed by atoms with Crippen LogP contribution in [0, 0.1) is 13.8 Å². The molecule has 0 saturated heterocycles. The number of rotatable bonds is 7. The van der Waals surface area contributed by atoms with Crippen molar-refractivity contribution in [2.24, 2.45) is 0 Å². The molecule has 1 heterocycles. The van der Waals surface area contributed by atoms with E-state index in [-0.39, 0.29) is 4.90 Å². The predicted molar refractivity (Wildman–Crippen MR) is 127 cm³/mol. The summed E-state index contributed by atoms with van der Waals surface area (Å²) in [6.45, 7) is 4.37. The molecule has 0 unspecified atom stereocenters. The zero-order valence-electron chi connectivity index (χ0n) is 18.3. The van der Waals surface area contributed by atoms with Gasteiger partial charge in [-0.2, -0.15) is 5.10 Å². The molecular formula is C23H25ClN4O3S. The van der Waals surface area contributed by atoms with Crippen LogP contribution in [-0.4, -0.2) is 42.5 Å². The number of hydrogen-bond acceptors (Lipinski definition) is 4. The van der Waals surface area contributed by atoms with Gasteiger partial charge in [0.1, 0.15) is 5.15 Å². The molecule has 1 amide bonds. The Morgan fingerprint density at radius 2 is 1.84 bits per heavy atom. The number of amides is 1. The number of nitrogens with zero attached hydrogens (tertiary/aromatic N) is 3. The van der Waals surface area contributed by atoms with Crippen molar-refractivity contribution >= 4 is 39.3 Å². The molecule has 0 atom stereocenters. The first-order chi connectivity index (χ1) is 15.1. The standard InChI is InChI=1S/C23H25ClN4O3S/c1-16-8-10-18(11-9-16)15-28-23(24)21(17(2)26-28)12-13-22(29)25-19-6-5-7-20(14-19)32(30,31)27(3)4/h5-14H,15H2,1-4H3,(H,25,29)/b13-12+. The Labute approximate surface area is 193 Å². The highest BCUT2D eigenvalue weighted by atomic mass is 35.5. The van der Waals surface area contributed by atoms with Gasteiger partial charge in [0.2, 0.25) is 15.9 Å². The number of anilines is 1. The smallest absolute Gasteiger partial charge is 0.248 e. The summed E-state index contributed by atoms with van der Waals surface area (Å²) in [5.74, 6) is -0.411. The number of nitrogens with one attached hydrogen (secondary N) is 1. The molecule has 7 nitrogen and oxygen atoms in total. The molecule has 0 spiro atoms. The molecule has 0 aliphatic rings. The summed E-state index contributed by atoms with van der Waals surface area (Å²) < 4.78 is 27.4. The zero-order chi connectivity index (χ0) is 23.5. The molecule has 1 N–H and O–H groups in total. The van der Waals surface area contributed by atoms with Crippen molar-refractivity contribution < 1.29 is 13.2 Å². The number of halogens is 1. The highest BCUT2D eigenvalue weighted by Gasteiger charge is 2.17. The van der Waals surface area contributed by atoms with Crippen LogP contribution < -0.4 is 5.32 Å². The van der Waals surface area contributed by atoms with E-state index >= 15 is 0 Å². The fourth-order valence-corrected chi connectivity index (χ4v) is 4.26. The van der Waals surface area contributed by atoms with E-state index in [1.807, 2.05) is 38.1 Å². The van der Waals surface area contributed by atoms with E-state index < -0.39 is 15.9 Å². The average Bonchev–Trinajstić information content (AvgIpc) is 3.00. The lowest BCUT2D eigenvalue weighted by molar-refractivity contribution is -0.111. The highest BCUT2D eigenvalue weighted by molar-refractivity contribution is 7.89. The van der Waals surface area contributed by atoms with E-state index in [4.69, 9.17) is 11.6 Å². The number of aromatic nitrogens is 2. The fourth-order valence-electron chi connectivity index (χ4n) is 3.02. The first-order valence-corrected chi connectivity index (χ1v) is 11.7. The van der Waals surface area contributed by atoms with Crippen LogP contribution in [0.2, 0.25) is 5.15 Å². The van der Waals surface area contributed by atoms with E-state index in [1.54, 1.807) is 22.9 Å². The van der Waals surface area contributed by atoms with Gasteiger partial charge in [-0.3, -0.25) is 4.79 Å². The van der Waals surface area contributed by atoms with Crippen LogP contribution in [0.4, 0.5) is 5.69 Å². The molecule has 0 aliphatic carbocycles. The number of benzene rings is 2. The fraction of sp³-hybridized carbons (Fsp3) is 0.217. The SMILES string of the molecule is Cc1ccc(Cn2nc(C)c(/C=C/C(=O)Nc3cccc(S(=O)(=O)N(C)C)c3)c2Cl)cc1. The van der Waals surface area contributed by atoms with Crippen LogP contribution in [0.5, 0.6) is 0 Å². The lowest BCUT2D eigenvalue weighted by Gasteiger charge is -2.12. The van der Waals surface area contributed by atoms with Gasteiger partial charge in [-0.1, -0.05) is 47.5 Å². The monoisotopic (exact) mass is 472 g/mol. The van der Waals surface area contributed by atoms with E-state index in [0.29, 0.717) is 28.6 Å². The molecule has 0 fully saturated rings. The summed E-state index contributed by atoms with van der Waals surface area (Å²) in [5.41, 5.74) is 3.97. The van der Waals surface area contributed by atoms with Crippen LogP contribution in [0.3, 0.4) is 0 Å². The Hall–Kier alpha value is -2.94. The van der Waals surface area contributed by atoms with E-state index in [1.165, 1.54) is 37.9 Å². The largest absolute Gasteiger partial charge is 0.322 e. The van der Waals surface area contributed by atoms with Gasteiger partial charge in [0.25, 0.3) is 0 Å². The van der Waals surface area contributed by atoms with Crippen LogP contribution in [0.15, 0.2) is 59.5 Å². The van der Waals surface area contributed by atoms with Crippen molar-refractivity contribution in [2.45, 2.75) is 25.3 Å². The molecule has 0 aliphatic heterocycles. The van der Waals surface area contributed by atoms with Crippen molar-refractivity contribution in [1.82, 2.24) is 14.1 Å². The molecule has 3 rings (SSSR count). The van der Waals surface area contributed by atoms with Gasteiger partial charge < -0.3 is 5.32 Å². The lowest BCUT2D eigenvalue weighted by Crippen LogP contribution is -2.22. The molecule has 32 heavy (non-hydrogen) atoms. The maximum Gasteiger partial charge on any atom is 0.248 e. The molecule has 168 valence electrons. The van der Waals surface area contributed by atoms with Crippen molar-refractivity contribution in [3.05, 3.63) is 82.1 Å². The summed E-state index contributed by atoms with van der Waals surface area (Å²) >= 11 is 6.50. The van der Waals surface area contributed by atoms with Crippen LogP contribution in [0.25, 0.3) is 6.08 Å². The van der Waals surface area contributed by atoms with E-state index in [2.05, 4.69) is 10.4 Å². The molecule has 0 radical (unpaired) electrons. The second kappa shape index (κ2) is 9.68. The minimum Gasteiger partial charge on any atom is -0.322 e. The minimum atomic E-state index is -3.59. The average molecular weight is 473 g/mol. The summed E-state index contributed by atoms with van der Waals surface area (Å²) in [4.78, 5) is 12.5. The van der Waals surface area contributed by atoms with Gasteiger partial charge in [0, 0.05) is 31.4 Å². The molecule has 3 aromatic rings. The van der Waals surface area contributed by atoms with Crippen molar-refractivity contribution in [3.63, 3.8) is 0 Å². The van der Waals surface area contributed by atoms with E-state index in [0.717, 1.165) is 9.87 Å². The normalized spacial score (nSPS) is 11.9. The van der Waals surface area contributed by atoms with Crippen LogP contribution in [-0.2, 0) is 21.4 Å². The maximum absolute atomic E-state index is 12.4. The summed E-state index contributed by atoms with van der Waals surface area (Å²) in [6, 6.07) is 14.2. The van der Waals surface area contributed by atoms with Gasteiger partial charge in [0.15, 0.2) is 0 Å².